The summed E-state index contributed by atoms with van der Waals surface area (Å²) in [5, 5.41) is 0. The number of carbonyl (C=O) groups excluding carboxylic acids is 1. The van der Waals surface area contributed by atoms with Crippen molar-refractivity contribution in [1.82, 2.24) is 4.90 Å². The normalized spacial score (nSPS) is 17.5. The molecule has 0 aromatic carbocycles. The summed E-state index contributed by atoms with van der Waals surface area (Å²) in [5.74, 6) is 0.264. The van der Waals surface area contributed by atoms with Crippen LogP contribution in [0, 0.1) is 0 Å². The van der Waals surface area contributed by atoms with Crippen LogP contribution in [0.15, 0.2) is 0 Å². The Hall–Kier alpha value is -0.570. The van der Waals surface area contributed by atoms with Gasteiger partial charge in [0.25, 0.3) is 0 Å². The molecule has 1 fully saturated rings. The molecule has 1 aliphatic rings. The van der Waals surface area contributed by atoms with Crippen LogP contribution in [0.4, 0.5) is 0 Å². The molecule has 0 heterocycles. The van der Waals surface area contributed by atoms with E-state index in [1.54, 1.807) is 0 Å². The summed E-state index contributed by atoms with van der Waals surface area (Å²) < 4.78 is 0. The maximum absolute atomic E-state index is 11.9. The number of hydrogen-bond acceptors (Lipinski definition) is 2. The fourth-order valence-electron chi connectivity index (χ4n) is 1.71. The molecule has 0 radical (unpaired) electrons. The molecule has 1 unspecified atom stereocenters. The molecule has 1 aliphatic carbocycles. The van der Waals surface area contributed by atoms with Crippen molar-refractivity contribution in [3.63, 3.8) is 0 Å². The van der Waals surface area contributed by atoms with E-state index in [9.17, 15) is 4.79 Å². The number of rotatable bonds is 7. The highest BCUT2D eigenvalue weighted by Crippen LogP contribution is 2.27. The van der Waals surface area contributed by atoms with Crippen LogP contribution in [0.5, 0.6) is 0 Å². The van der Waals surface area contributed by atoms with Crippen LogP contribution in [0.25, 0.3) is 0 Å². The first-order valence-electron chi connectivity index (χ1n) is 6.24. The first-order chi connectivity index (χ1) is 7.19. The summed E-state index contributed by atoms with van der Waals surface area (Å²) in [5.41, 5.74) is 5.81. The van der Waals surface area contributed by atoms with Gasteiger partial charge < -0.3 is 10.6 Å². The molecule has 3 nitrogen and oxygen atoms in total. The monoisotopic (exact) mass is 212 g/mol. The van der Waals surface area contributed by atoms with Gasteiger partial charge in [-0.15, -0.1) is 0 Å². The molecule has 0 spiro atoms. The minimum absolute atomic E-state index is 0.0420. The van der Waals surface area contributed by atoms with Crippen molar-refractivity contribution in [2.45, 2.75) is 64.5 Å². The Morgan fingerprint density at radius 3 is 2.60 bits per heavy atom. The fourth-order valence-corrected chi connectivity index (χ4v) is 1.71. The molecule has 1 saturated carbocycles. The molecule has 0 saturated heterocycles. The van der Waals surface area contributed by atoms with Crippen LogP contribution in [0.2, 0.25) is 0 Å². The third-order valence-electron chi connectivity index (χ3n) is 3.02. The molecule has 1 atom stereocenters. The SMILES string of the molecule is CCCCN(C(=O)CC(N)CC)C1CC1. The summed E-state index contributed by atoms with van der Waals surface area (Å²) in [4.78, 5) is 14.0. The van der Waals surface area contributed by atoms with Gasteiger partial charge in [0.1, 0.15) is 0 Å². The van der Waals surface area contributed by atoms with Gasteiger partial charge in [0.05, 0.1) is 0 Å². The zero-order valence-corrected chi connectivity index (χ0v) is 10.0. The van der Waals surface area contributed by atoms with Crippen LogP contribution in [0.1, 0.15) is 52.4 Å². The van der Waals surface area contributed by atoms with Crippen LogP contribution in [-0.4, -0.2) is 29.4 Å². The second-order valence-corrected chi connectivity index (χ2v) is 4.54. The number of unbranched alkanes of at least 4 members (excludes halogenated alkanes) is 1. The van der Waals surface area contributed by atoms with Crippen LogP contribution in [-0.2, 0) is 4.79 Å². The number of hydrogen-bond donors (Lipinski definition) is 1. The molecule has 2 N–H and O–H groups in total. The number of nitrogens with two attached hydrogens (primary N) is 1. The second-order valence-electron chi connectivity index (χ2n) is 4.54. The summed E-state index contributed by atoms with van der Waals surface area (Å²) >= 11 is 0. The standard InChI is InChI=1S/C12H24N2O/c1-3-5-8-14(11-6-7-11)12(15)9-10(13)4-2/h10-11H,3-9,13H2,1-2H3. The van der Waals surface area contributed by atoms with E-state index in [2.05, 4.69) is 11.8 Å². The smallest absolute Gasteiger partial charge is 0.224 e. The van der Waals surface area contributed by atoms with Crippen LogP contribution < -0.4 is 5.73 Å². The van der Waals surface area contributed by atoms with Gasteiger partial charge >= 0.3 is 0 Å². The lowest BCUT2D eigenvalue weighted by Gasteiger charge is -2.23. The maximum Gasteiger partial charge on any atom is 0.224 e. The number of nitrogens with zero attached hydrogens (tertiary/aromatic N) is 1. The number of carbonyl (C=O) groups is 1. The summed E-state index contributed by atoms with van der Waals surface area (Å²) in [6, 6.07) is 0.577. The highest BCUT2D eigenvalue weighted by molar-refractivity contribution is 5.77. The lowest BCUT2D eigenvalue weighted by Crippen LogP contribution is -2.37. The Morgan fingerprint density at radius 1 is 1.47 bits per heavy atom. The van der Waals surface area contributed by atoms with E-state index in [4.69, 9.17) is 5.73 Å². The topological polar surface area (TPSA) is 46.3 Å². The zero-order valence-electron chi connectivity index (χ0n) is 10.0. The van der Waals surface area contributed by atoms with E-state index < -0.39 is 0 Å². The molecule has 88 valence electrons. The Morgan fingerprint density at radius 2 is 2.13 bits per heavy atom. The predicted octanol–water partition coefficient (Wildman–Crippen LogP) is 1.90. The average Bonchev–Trinajstić information content (AvgIpc) is 3.02. The van der Waals surface area contributed by atoms with Crippen molar-refractivity contribution in [3.05, 3.63) is 0 Å². The third-order valence-corrected chi connectivity index (χ3v) is 3.02. The lowest BCUT2D eigenvalue weighted by molar-refractivity contribution is -0.132. The lowest BCUT2D eigenvalue weighted by atomic mass is 10.1. The van der Waals surface area contributed by atoms with Gasteiger partial charge in [0, 0.05) is 25.0 Å². The van der Waals surface area contributed by atoms with Gasteiger partial charge in [0.2, 0.25) is 5.91 Å². The minimum atomic E-state index is 0.0420. The third kappa shape index (κ3) is 4.20. The number of amides is 1. The van der Waals surface area contributed by atoms with Crippen molar-refractivity contribution in [1.29, 1.82) is 0 Å². The molecule has 0 aromatic heterocycles. The Labute approximate surface area is 93.0 Å². The molecular formula is C12H24N2O. The van der Waals surface area contributed by atoms with E-state index in [0.717, 1.165) is 25.8 Å². The zero-order chi connectivity index (χ0) is 11.3. The maximum atomic E-state index is 11.9. The van der Waals surface area contributed by atoms with E-state index in [0.29, 0.717) is 12.5 Å². The second kappa shape index (κ2) is 6.11. The fraction of sp³-hybridized carbons (Fsp3) is 0.917. The Balaban J connectivity index is 2.36. The van der Waals surface area contributed by atoms with Gasteiger partial charge in [-0.3, -0.25) is 4.79 Å². The van der Waals surface area contributed by atoms with E-state index in [-0.39, 0.29) is 11.9 Å². The predicted molar refractivity (Wildman–Crippen MR) is 62.5 cm³/mol. The Bertz CT molecular complexity index is 202. The van der Waals surface area contributed by atoms with Crippen LogP contribution in [0.3, 0.4) is 0 Å². The van der Waals surface area contributed by atoms with Gasteiger partial charge in [-0.25, -0.2) is 0 Å². The van der Waals surface area contributed by atoms with E-state index in [1.165, 1.54) is 12.8 Å². The average molecular weight is 212 g/mol. The highest BCUT2D eigenvalue weighted by atomic mass is 16.2. The van der Waals surface area contributed by atoms with E-state index >= 15 is 0 Å². The first kappa shape index (κ1) is 12.5. The quantitative estimate of drug-likeness (QED) is 0.700. The van der Waals surface area contributed by atoms with Crippen molar-refractivity contribution in [2.24, 2.45) is 5.73 Å². The molecule has 1 amide bonds. The molecule has 1 rings (SSSR count). The largest absolute Gasteiger partial charge is 0.340 e. The molecule has 0 bridgehead atoms. The van der Waals surface area contributed by atoms with Crippen LogP contribution >= 0.6 is 0 Å². The van der Waals surface area contributed by atoms with Gasteiger partial charge in [-0.05, 0) is 25.7 Å². The molecule has 0 aliphatic heterocycles. The van der Waals surface area contributed by atoms with Crippen molar-refractivity contribution in [3.8, 4) is 0 Å². The first-order valence-corrected chi connectivity index (χ1v) is 6.24. The Kier molecular flexibility index (Phi) is 5.09. The summed E-state index contributed by atoms with van der Waals surface area (Å²) in [7, 11) is 0. The van der Waals surface area contributed by atoms with Gasteiger partial charge in [0.15, 0.2) is 0 Å². The molecular weight excluding hydrogens is 188 g/mol. The van der Waals surface area contributed by atoms with Crippen molar-refractivity contribution >= 4 is 5.91 Å². The molecule has 0 aromatic rings. The van der Waals surface area contributed by atoms with Crippen molar-refractivity contribution in [2.75, 3.05) is 6.54 Å². The molecule has 15 heavy (non-hydrogen) atoms. The molecule has 3 heteroatoms. The van der Waals surface area contributed by atoms with Gasteiger partial charge in [-0.1, -0.05) is 20.3 Å². The van der Waals surface area contributed by atoms with Crippen molar-refractivity contribution < 1.29 is 4.79 Å². The minimum Gasteiger partial charge on any atom is -0.340 e. The van der Waals surface area contributed by atoms with E-state index in [1.807, 2.05) is 6.92 Å². The highest BCUT2D eigenvalue weighted by Gasteiger charge is 2.32. The summed E-state index contributed by atoms with van der Waals surface area (Å²) in [6.45, 7) is 5.12. The summed E-state index contributed by atoms with van der Waals surface area (Å²) in [6.07, 6.45) is 6.06. The van der Waals surface area contributed by atoms with Gasteiger partial charge in [-0.2, -0.15) is 0 Å².